The summed E-state index contributed by atoms with van der Waals surface area (Å²) in [7, 11) is 0. The number of aliphatic hydroxyl groups excluding tert-OH is 2. The molecule has 0 heterocycles. The summed E-state index contributed by atoms with van der Waals surface area (Å²) < 4.78 is 5.45. The number of aliphatic hydroxyl groups is 2. The molecule has 5 heteroatoms. The predicted molar refractivity (Wildman–Crippen MR) is 85.4 cm³/mol. The molecule has 0 fully saturated rings. The standard InChI is InChI=1S/C16H26ClNO3/c1-12(2)7-15(19)8-18-9-16(20)11-21-10-13-3-5-14(17)6-4-13/h3-6,12,15-16,18-20H,7-11H2,1-2H3. The lowest BCUT2D eigenvalue weighted by Gasteiger charge is -2.16. The van der Waals surface area contributed by atoms with E-state index in [4.69, 9.17) is 16.3 Å². The molecule has 1 aromatic rings. The first-order valence-corrected chi connectivity index (χ1v) is 7.74. The molecule has 0 aromatic heterocycles. The van der Waals surface area contributed by atoms with Crippen LogP contribution in [0.5, 0.6) is 0 Å². The molecule has 1 rings (SSSR count). The van der Waals surface area contributed by atoms with E-state index in [0.717, 1.165) is 12.0 Å². The molecule has 0 aliphatic heterocycles. The minimum atomic E-state index is -0.580. The zero-order valence-electron chi connectivity index (χ0n) is 12.8. The maximum Gasteiger partial charge on any atom is 0.0897 e. The molecule has 0 saturated carbocycles. The molecule has 2 unspecified atom stereocenters. The molecule has 0 saturated heterocycles. The van der Waals surface area contributed by atoms with E-state index in [1.165, 1.54) is 0 Å². The number of hydrogen-bond acceptors (Lipinski definition) is 4. The first kappa shape index (κ1) is 18.4. The van der Waals surface area contributed by atoms with Crippen molar-refractivity contribution in [3.63, 3.8) is 0 Å². The molecule has 3 N–H and O–H groups in total. The van der Waals surface area contributed by atoms with Crippen LogP contribution < -0.4 is 5.32 Å². The van der Waals surface area contributed by atoms with Crippen molar-refractivity contribution in [2.45, 2.75) is 39.1 Å². The number of nitrogens with one attached hydrogen (secondary N) is 1. The molecule has 0 amide bonds. The van der Waals surface area contributed by atoms with Crippen LogP contribution in [0.3, 0.4) is 0 Å². The molecule has 2 atom stereocenters. The van der Waals surface area contributed by atoms with Gasteiger partial charge in [0.05, 0.1) is 25.4 Å². The summed E-state index contributed by atoms with van der Waals surface area (Å²) in [6.07, 6.45) is -0.188. The Morgan fingerprint density at radius 3 is 2.33 bits per heavy atom. The zero-order valence-corrected chi connectivity index (χ0v) is 13.5. The van der Waals surface area contributed by atoms with E-state index >= 15 is 0 Å². The fraction of sp³-hybridized carbons (Fsp3) is 0.625. The van der Waals surface area contributed by atoms with E-state index < -0.39 is 6.10 Å². The number of ether oxygens (including phenoxy) is 1. The lowest BCUT2D eigenvalue weighted by molar-refractivity contribution is 0.0270. The van der Waals surface area contributed by atoms with Crippen LogP contribution in [-0.4, -0.2) is 42.1 Å². The highest BCUT2D eigenvalue weighted by Gasteiger charge is 2.08. The van der Waals surface area contributed by atoms with Gasteiger partial charge >= 0.3 is 0 Å². The number of rotatable bonds is 10. The Balaban J connectivity index is 2.08. The van der Waals surface area contributed by atoms with Gasteiger partial charge in [-0.3, -0.25) is 0 Å². The predicted octanol–water partition coefficient (Wildman–Crippen LogP) is 2.21. The summed E-state index contributed by atoms with van der Waals surface area (Å²) in [5, 5.41) is 23.2. The van der Waals surface area contributed by atoms with Gasteiger partial charge in [-0.1, -0.05) is 37.6 Å². The Hall–Kier alpha value is -0.650. The maximum absolute atomic E-state index is 9.78. The smallest absolute Gasteiger partial charge is 0.0897 e. The minimum Gasteiger partial charge on any atom is -0.392 e. The molecule has 1 aromatic carbocycles. The molecule has 0 aliphatic carbocycles. The van der Waals surface area contributed by atoms with Crippen LogP contribution in [0.15, 0.2) is 24.3 Å². The van der Waals surface area contributed by atoms with E-state index in [9.17, 15) is 10.2 Å². The molecule has 4 nitrogen and oxygen atoms in total. The van der Waals surface area contributed by atoms with Gasteiger partial charge in [0.15, 0.2) is 0 Å². The first-order chi connectivity index (χ1) is 9.97. The zero-order chi connectivity index (χ0) is 15.7. The molecule has 0 aliphatic rings. The monoisotopic (exact) mass is 315 g/mol. The van der Waals surface area contributed by atoms with Crippen molar-refractivity contribution < 1.29 is 14.9 Å². The van der Waals surface area contributed by atoms with E-state index in [-0.39, 0.29) is 12.7 Å². The van der Waals surface area contributed by atoms with Crippen molar-refractivity contribution in [3.05, 3.63) is 34.9 Å². The van der Waals surface area contributed by atoms with Crippen molar-refractivity contribution in [1.29, 1.82) is 0 Å². The second-order valence-corrected chi connectivity index (χ2v) is 6.17. The van der Waals surface area contributed by atoms with Crippen LogP contribution in [0.4, 0.5) is 0 Å². The van der Waals surface area contributed by atoms with Crippen molar-refractivity contribution in [2.75, 3.05) is 19.7 Å². The highest BCUT2D eigenvalue weighted by molar-refractivity contribution is 6.30. The van der Waals surface area contributed by atoms with E-state index in [1.54, 1.807) is 0 Å². The van der Waals surface area contributed by atoms with Crippen molar-refractivity contribution in [2.24, 2.45) is 5.92 Å². The normalized spacial score (nSPS) is 14.4. The molecule has 0 bridgehead atoms. The minimum absolute atomic E-state index is 0.260. The van der Waals surface area contributed by atoms with Crippen LogP contribution in [0, 0.1) is 5.92 Å². The first-order valence-electron chi connectivity index (χ1n) is 7.36. The molecule has 0 spiro atoms. The van der Waals surface area contributed by atoms with Crippen LogP contribution in [0.2, 0.25) is 5.02 Å². The van der Waals surface area contributed by atoms with Gasteiger partial charge in [0.2, 0.25) is 0 Å². The Labute approximate surface area is 132 Å². The van der Waals surface area contributed by atoms with Gasteiger partial charge in [-0.2, -0.15) is 0 Å². The average molecular weight is 316 g/mol. The van der Waals surface area contributed by atoms with Gasteiger partial charge in [-0.05, 0) is 30.0 Å². The fourth-order valence-electron chi connectivity index (χ4n) is 2.00. The quantitative estimate of drug-likeness (QED) is 0.619. The maximum atomic E-state index is 9.78. The molecule has 0 radical (unpaired) electrons. The SMILES string of the molecule is CC(C)CC(O)CNCC(O)COCc1ccc(Cl)cc1. The largest absolute Gasteiger partial charge is 0.392 e. The third kappa shape index (κ3) is 9.06. The van der Waals surface area contributed by atoms with E-state index in [2.05, 4.69) is 19.2 Å². The Morgan fingerprint density at radius 2 is 1.71 bits per heavy atom. The highest BCUT2D eigenvalue weighted by Crippen LogP contribution is 2.10. The van der Waals surface area contributed by atoms with Crippen LogP contribution in [0.1, 0.15) is 25.8 Å². The number of halogens is 1. The lowest BCUT2D eigenvalue weighted by atomic mass is 10.1. The van der Waals surface area contributed by atoms with Crippen LogP contribution in [0.25, 0.3) is 0 Å². The highest BCUT2D eigenvalue weighted by atomic mass is 35.5. The summed E-state index contributed by atoms with van der Waals surface area (Å²) in [6.45, 7) is 5.76. The Bertz CT molecular complexity index is 384. The number of benzene rings is 1. The summed E-state index contributed by atoms with van der Waals surface area (Å²) in [5.41, 5.74) is 1.02. The third-order valence-electron chi connectivity index (χ3n) is 3.00. The molecular formula is C16H26ClNO3. The van der Waals surface area contributed by atoms with Gasteiger partial charge in [0.1, 0.15) is 0 Å². The molecule has 21 heavy (non-hydrogen) atoms. The summed E-state index contributed by atoms with van der Waals surface area (Å²) in [5.74, 6) is 0.467. The Morgan fingerprint density at radius 1 is 1.10 bits per heavy atom. The second-order valence-electron chi connectivity index (χ2n) is 5.74. The fourth-order valence-corrected chi connectivity index (χ4v) is 2.12. The van der Waals surface area contributed by atoms with Gasteiger partial charge < -0.3 is 20.3 Å². The topological polar surface area (TPSA) is 61.7 Å². The molecular weight excluding hydrogens is 290 g/mol. The van der Waals surface area contributed by atoms with Gasteiger partial charge in [-0.25, -0.2) is 0 Å². The van der Waals surface area contributed by atoms with Gasteiger partial charge in [0, 0.05) is 18.1 Å². The van der Waals surface area contributed by atoms with Crippen LogP contribution >= 0.6 is 11.6 Å². The van der Waals surface area contributed by atoms with Crippen molar-refractivity contribution in [3.8, 4) is 0 Å². The van der Waals surface area contributed by atoms with Crippen molar-refractivity contribution in [1.82, 2.24) is 5.32 Å². The molecule has 120 valence electrons. The summed E-state index contributed by atoms with van der Waals surface area (Å²) >= 11 is 5.80. The summed E-state index contributed by atoms with van der Waals surface area (Å²) in [4.78, 5) is 0. The summed E-state index contributed by atoms with van der Waals surface area (Å²) in [6, 6.07) is 7.42. The second kappa shape index (κ2) is 10.1. The van der Waals surface area contributed by atoms with E-state index in [1.807, 2.05) is 24.3 Å². The van der Waals surface area contributed by atoms with Crippen LogP contribution in [-0.2, 0) is 11.3 Å². The lowest BCUT2D eigenvalue weighted by Crippen LogP contribution is -2.35. The van der Waals surface area contributed by atoms with Crippen molar-refractivity contribution >= 4 is 11.6 Å². The Kier molecular flexibility index (Phi) is 8.88. The van der Waals surface area contributed by atoms with Gasteiger partial charge in [-0.15, -0.1) is 0 Å². The average Bonchev–Trinajstić information content (AvgIpc) is 2.40. The van der Waals surface area contributed by atoms with Gasteiger partial charge in [0.25, 0.3) is 0 Å². The third-order valence-corrected chi connectivity index (χ3v) is 3.25. The van der Waals surface area contributed by atoms with E-state index in [0.29, 0.717) is 30.6 Å². The number of hydrogen-bond donors (Lipinski definition) is 3.